The van der Waals surface area contributed by atoms with E-state index in [1.165, 1.54) is 16.0 Å². The minimum Gasteiger partial charge on any atom is -0.497 e. The number of nitrogens with one attached hydrogen (secondary N) is 1. The number of ether oxygens (including phenoxy) is 2. The summed E-state index contributed by atoms with van der Waals surface area (Å²) in [6.45, 7) is 8.48. The third-order valence-electron chi connectivity index (χ3n) is 5.42. The zero-order valence-corrected chi connectivity index (χ0v) is 19.1. The highest BCUT2D eigenvalue weighted by Crippen LogP contribution is 2.39. The summed E-state index contributed by atoms with van der Waals surface area (Å²) in [5.74, 6) is 1.74. The lowest BCUT2D eigenvalue weighted by Gasteiger charge is -2.32. The third kappa shape index (κ3) is 4.83. The summed E-state index contributed by atoms with van der Waals surface area (Å²) in [4.78, 5) is 3.55. The highest BCUT2D eigenvalue weighted by Gasteiger charge is 2.21. The first-order valence-corrected chi connectivity index (χ1v) is 11.6. The number of nitrogens with zero attached hydrogens (tertiary/aromatic N) is 1. The van der Waals surface area contributed by atoms with E-state index in [4.69, 9.17) is 9.47 Å². The number of aryl methyl sites for hydroxylation is 1. The van der Waals surface area contributed by atoms with E-state index in [-0.39, 0.29) is 0 Å². The Morgan fingerprint density at radius 3 is 2.68 bits per heavy atom. The summed E-state index contributed by atoms with van der Waals surface area (Å²) in [7, 11) is 1.70. The number of hydrogen-bond donors (Lipinski definition) is 1. The molecule has 5 heteroatoms. The topological polar surface area (TPSA) is 33.7 Å². The number of hydrogen-bond acceptors (Lipinski definition) is 5. The van der Waals surface area contributed by atoms with Crippen LogP contribution >= 0.6 is 11.8 Å². The Labute approximate surface area is 188 Å². The van der Waals surface area contributed by atoms with Crippen molar-refractivity contribution in [3.63, 3.8) is 0 Å². The average molecular weight is 433 g/mol. The van der Waals surface area contributed by atoms with Crippen molar-refractivity contribution in [3.8, 4) is 11.5 Å². The Morgan fingerprint density at radius 2 is 1.94 bits per heavy atom. The number of rotatable bonds is 7. The van der Waals surface area contributed by atoms with Crippen molar-refractivity contribution >= 4 is 28.8 Å². The van der Waals surface area contributed by atoms with Gasteiger partial charge in [-0.05, 0) is 60.7 Å². The van der Waals surface area contributed by atoms with Crippen LogP contribution in [0.2, 0.25) is 0 Å². The molecule has 3 aromatic carbocycles. The first-order chi connectivity index (χ1) is 15.1. The molecular weight excluding hydrogens is 404 g/mol. The molecule has 0 radical (unpaired) electrons. The predicted molar refractivity (Wildman–Crippen MR) is 131 cm³/mol. The second-order valence-corrected chi connectivity index (χ2v) is 8.45. The summed E-state index contributed by atoms with van der Waals surface area (Å²) < 4.78 is 11.5. The fourth-order valence-corrected chi connectivity index (χ4v) is 4.14. The van der Waals surface area contributed by atoms with Gasteiger partial charge in [-0.25, -0.2) is 0 Å². The SMILES string of the molecule is C=C(NCc1ccc(SC)cc1)c1ccc2c(c1)OCCN2c1cc(C)cc(OC)c1. The number of fused-ring (bicyclic) bond motifs is 1. The van der Waals surface area contributed by atoms with Crippen molar-refractivity contribution in [3.05, 3.63) is 83.9 Å². The van der Waals surface area contributed by atoms with Crippen LogP contribution in [-0.2, 0) is 6.54 Å². The number of anilines is 2. The second kappa shape index (κ2) is 9.40. The molecule has 0 unspecified atom stereocenters. The van der Waals surface area contributed by atoms with Crippen LogP contribution in [0.3, 0.4) is 0 Å². The molecule has 0 spiro atoms. The molecule has 1 aliphatic rings. The maximum Gasteiger partial charge on any atom is 0.143 e. The molecule has 0 aliphatic carbocycles. The molecule has 0 aromatic heterocycles. The minimum absolute atomic E-state index is 0.633. The fraction of sp³-hybridized carbons (Fsp3) is 0.231. The largest absolute Gasteiger partial charge is 0.497 e. The van der Waals surface area contributed by atoms with Crippen molar-refractivity contribution in [2.75, 3.05) is 31.4 Å². The monoisotopic (exact) mass is 432 g/mol. The Morgan fingerprint density at radius 1 is 1.13 bits per heavy atom. The summed E-state index contributed by atoms with van der Waals surface area (Å²) in [5, 5.41) is 3.44. The first kappa shape index (κ1) is 21.2. The van der Waals surface area contributed by atoms with Gasteiger partial charge in [-0.3, -0.25) is 0 Å². The van der Waals surface area contributed by atoms with Gasteiger partial charge in [0.25, 0.3) is 0 Å². The molecule has 4 rings (SSSR count). The highest BCUT2D eigenvalue weighted by molar-refractivity contribution is 7.98. The lowest BCUT2D eigenvalue weighted by Crippen LogP contribution is -2.28. The molecule has 0 atom stereocenters. The van der Waals surface area contributed by atoms with Gasteiger partial charge >= 0.3 is 0 Å². The van der Waals surface area contributed by atoms with Gasteiger partial charge in [0.05, 0.1) is 19.3 Å². The fourth-order valence-electron chi connectivity index (χ4n) is 3.73. The second-order valence-electron chi connectivity index (χ2n) is 7.57. The zero-order chi connectivity index (χ0) is 21.8. The maximum atomic E-state index is 6.00. The number of thioether (sulfide) groups is 1. The molecule has 0 saturated carbocycles. The summed E-state index contributed by atoms with van der Waals surface area (Å²) in [5.41, 5.74) is 6.48. The van der Waals surface area contributed by atoms with Gasteiger partial charge in [-0.2, -0.15) is 0 Å². The minimum atomic E-state index is 0.633. The molecule has 31 heavy (non-hydrogen) atoms. The van der Waals surface area contributed by atoms with Gasteiger partial charge in [0.1, 0.15) is 18.1 Å². The Kier molecular flexibility index (Phi) is 6.42. The van der Waals surface area contributed by atoms with Crippen molar-refractivity contribution in [2.24, 2.45) is 0 Å². The van der Waals surface area contributed by atoms with E-state index in [0.717, 1.165) is 47.2 Å². The van der Waals surface area contributed by atoms with Crippen LogP contribution in [0.25, 0.3) is 5.70 Å². The smallest absolute Gasteiger partial charge is 0.143 e. The van der Waals surface area contributed by atoms with Crippen molar-refractivity contribution < 1.29 is 9.47 Å². The van der Waals surface area contributed by atoms with Gasteiger partial charge in [-0.1, -0.05) is 24.8 Å². The Balaban J connectivity index is 1.51. The van der Waals surface area contributed by atoms with Gasteiger partial charge in [0, 0.05) is 34.5 Å². The maximum absolute atomic E-state index is 6.00. The van der Waals surface area contributed by atoms with Crippen LogP contribution in [0.15, 0.2) is 72.1 Å². The van der Waals surface area contributed by atoms with Gasteiger partial charge in [0.15, 0.2) is 0 Å². The summed E-state index contributed by atoms with van der Waals surface area (Å²) >= 11 is 1.75. The van der Waals surface area contributed by atoms with Gasteiger partial charge in [0.2, 0.25) is 0 Å². The van der Waals surface area contributed by atoms with Crippen molar-refractivity contribution in [1.29, 1.82) is 0 Å². The normalized spacial score (nSPS) is 12.7. The van der Waals surface area contributed by atoms with Crippen LogP contribution in [0, 0.1) is 6.92 Å². The molecule has 0 saturated heterocycles. The van der Waals surface area contributed by atoms with Crippen LogP contribution < -0.4 is 19.7 Å². The van der Waals surface area contributed by atoms with Crippen LogP contribution in [-0.4, -0.2) is 26.5 Å². The van der Waals surface area contributed by atoms with Crippen LogP contribution in [0.4, 0.5) is 11.4 Å². The van der Waals surface area contributed by atoms with E-state index in [1.807, 2.05) is 6.07 Å². The summed E-state index contributed by atoms with van der Waals surface area (Å²) in [6.07, 6.45) is 2.09. The highest BCUT2D eigenvalue weighted by atomic mass is 32.2. The average Bonchev–Trinajstić information content (AvgIpc) is 2.81. The lowest BCUT2D eigenvalue weighted by atomic mass is 10.1. The predicted octanol–water partition coefficient (Wildman–Crippen LogP) is 6.02. The molecule has 1 aliphatic heterocycles. The Hall–Kier alpha value is -3.05. The quantitative estimate of drug-likeness (QED) is 0.462. The molecule has 1 N–H and O–H groups in total. The molecule has 160 valence electrons. The molecule has 0 bridgehead atoms. The molecule has 4 nitrogen and oxygen atoms in total. The van der Waals surface area contributed by atoms with E-state index >= 15 is 0 Å². The van der Waals surface area contributed by atoms with Crippen LogP contribution in [0.5, 0.6) is 11.5 Å². The molecule has 0 fully saturated rings. The molecule has 3 aromatic rings. The van der Waals surface area contributed by atoms with Crippen molar-refractivity contribution in [1.82, 2.24) is 5.32 Å². The van der Waals surface area contributed by atoms with Crippen molar-refractivity contribution in [2.45, 2.75) is 18.4 Å². The number of benzene rings is 3. The standard InChI is InChI=1S/C26H28N2O2S/c1-18-13-22(16-23(14-18)29-3)28-11-12-30-26-15-21(7-10-25(26)28)19(2)27-17-20-5-8-24(31-4)9-6-20/h5-10,13-16,27H,2,11-12,17H2,1,3-4H3. The molecular formula is C26H28N2O2S. The van der Waals surface area contributed by atoms with E-state index in [9.17, 15) is 0 Å². The number of methoxy groups -OCH3 is 1. The lowest BCUT2D eigenvalue weighted by molar-refractivity contribution is 0.314. The van der Waals surface area contributed by atoms with E-state index in [2.05, 4.69) is 84.6 Å². The third-order valence-corrected chi connectivity index (χ3v) is 6.16. The van der Waals surface area contributed by atoms with Crippen LogP contribution in [0.1, 0.15) is 16.7 Å². The molecule has 1 heterocycles. The first-order valence-electron chi connectivity index (χ1n) is 10.3. The summed E-state index contributed by atoms with van der Waals surface area (Å²) in [6, 6.07) is 21.1. The molecule has 0 amide bonds. The van der Waals surface area contributed by atoms with E-state index < -0.39 is 0 Å². The van der Waals surface area contributed by atoms with Gasteiger partial charge < -0.3 is 19.7 Å². The Bertz CT molecular complexity index is 1080. The van der Waals surface area contributed by atoms with E-state index in [0.29, 0.717) is 6.61 Å². The van der Waals surface area contributed by atoms with E-state index in [1.54, 1.807) is 18.9 Å². The van der Waals surface area contributed by atoms with Gasteiger partial charge in [-0.15, -0.1) is 11.8 Å². The zero-order valence-electron chi connectivity index (χ0n) is 18.3.